The number of aryl methyl sites for hydroxylation is 1. The Morgan fingerprint density at radius 3 is 2.65 bits per heavy atom. The summed E-state index contributed by atoms with van der Waals surface area (Å²) in [5.41, 5.74) is 6.93. The normalized spacial score (nSPS) is 24.5. The third-order valence-corrected chi connectivity index (χ3v) is 4.36. The average molecular weight is 369 g/mol. The third kappa shape index (κ3) is 4.09. The average Bonchev–Trinajstić information content (AvgIpc) is 3.07. The number of aromatic nitrogens is 4. The summed E-state index contributed by atoms with van der Waals surface area (Å²) in [6.07, 6.45) is -1.55. The van der Waals surface area contributed by atoms with E-state index in [1.807, 2.05) is 4.57 Å². The number of nitrogen functional groups attached to an aromatic ring is 1. The second-order valence-electron chi connectivity index (χ2n) is 6.30. The maximum absolute atomic E-state index is 9.95. The minimum Gasteiger partial charge on any atom is -0.394 e. The summed E-state index contributed by atoms with van der Waals surface area (Å²) >= 11 is 0. The molecule has 11 heteroatoms. The van der Waals surface area contributed by atoms with Crippen LogP contribution >= 0.6 is 0 Å². The van der Waals surface area contributed by atoms with Gasteiger partial charge in [-0.15, -0.1) is 0 Å². The Kier molecular flexibility index (Phi) is 5.96. The van der Waals surface area contributed by atoms with E-state index in [0.29, 0.717) is 30.9 Å². The smallest absolute Gasteiger partial charge is 0.222 e. The van der Waals surface area contributed by atoms with E-state index in [-0.39, 0.29) is 11.9 Å². The van der Waals surface area contributed by atoms with Gasteiger partial charge >= 0.3 is 0 Å². The molecular weight excluding hydrogens is 346 g/mol. The molecule has 1 saturated heterocycles. The molecule has 1 aliphatic heterocycles. The molecule has 0 amide bonds. The van der Waals surface area contributed by atoms with Crippen molar-refractivity contribution in [1.82, 2.24) is 19.5 Å². The molecule has 3 atom stereocenters. The number of ether oxygens (including phenoxy) is 2. The summed E-state index contributed by atoms with van der Waals surface area (Å²) in [6.45, 7) is 0.616. The van der Waals surface area contributed by atoms with Gasteiger partial charge in [0.15, 0.2) is 11.9 Å². The Hall–Kier alpha value is -1.89. The molecule has 26 heavy (non-hydrogen) atoms. The Bertz CT molecular complexity index is 720. The summed E-state index contributed by atoms with van der Waals surface area (Å²) in [5.74, 6) is 0.263. The number of aliphatic hydroxyl groups is 4. The van der Waals surface area contributed by atoms with Crippen molar-refractivity contribution in [1.29, 1.82) is 0 Å². The van der Waals surface area contributed by atoms with Crippen molar-refractivity contribution in [3.63, 3.8) is 0 Å². The van der Waals surface area contributed by atoms with Crippen LogP contribution in [0.15, 0.2) is 12.5 Å². The molecule has 0 bridgehead atoms. The van der Waals surface area contributed by atoms with E-state index in [1.165, 1.54) is 0 Å². The Labute approximate surface area is 149 Å². The highest BCUT2D eigenvalue weighted by Gasteiger charge is 2.35. The van der Waals surface area contributed by atoms with Crippen LogP contribution in [0.25, 0.3) is 11.2 Å². The first-order valence-electron chi connectivity index (χ1n) is 8.31. The van der Waals surface area contributed by atoms with E-state index >= 15 is 0 Å². The highest BCUT2D eigenvalue weighted by Crippen LogP contribution is 2.20. The number of aliphatic hydroxyl groups excluding tert-OH is 4. The lowest BCUT2D eigenvalue weighted by molar-refractivity contribution is -0.262. The van der Waals surface area contributed by atoms with Gasteiger partial charge in [0, 0.05) is 12.5 Å². The number of hydrogen-bond acceptors (Lipinski definition) is 10. The minimum absolute atomic E-state index is 0.0787. The maximum Gasteiger partial charge on any atom is 0.222 e. The molecule has 0 aromatic carbocycles. The maximum atomic E-state index is 9.95. The van der Waals surface area contributed by atoms with Crippen molar-refractivity contribution in [3.8, 4) is 0 Å². The highest BCUT2D eigenvalue weighted by atomic mass is 16.7. The molecule has 2 aromatic heterocycles. The molecule has 144 valence electrons. The van der Waals surface area contributed by atoms with Gasteiger partial charge in [0.05, 0.1) is 32.3 Å². The topological polar surface area (TPSA) is 169 Å². The van der Waals surface area contributed by atoms with Gasteiger partial charge in [0.1, 0.15) is 23.8 Å². The van der Waals surface area contributed by atoms with Crippen LogP contribution in [0, 0.1) is 5.92 Å². The van der Waals surface area contributed by atoms with Gasteiger partial charge in [-0.05, 0) is 6.42 Å². The summed E-state index contributed by atoms with van der Waals surface area (Å²) in [5, 5.41) is 37.8. The molecule has 3 rings (SSSR count). The van der Waals surface area contributed by atoms with Crippen LogP contribution in [0.2, 0.25) is 0 Å². The molecule has 1 fully saturated rings. The summed E-state index contributed by atoms with van der Waals surface area (Å²) < 4.78 is 12.8. The van der Waals surface area contributed by atoms with E-state index in [2.05, 4.69) is 15.0 Å². The monoisotopic (exact) mass is 369 g/mol. The highest BCUT2D eigenvalue weighted by molar-refractivity contribution is 5.70. The van der Waals surface area contributed by atoms with E-state index in [4.69, 9.17) is 20.3 Å². The SMILES string of the molecule is Nc1ncc2ncn(CCC3COC([C@H](O)[C@H](O)[C@H](O)CO)OC3)c2n1. The Morgan fingerprint density at radius 1 is 1.23 bits per heavy atom. The molecule has 0 saturated carbocycles. The first-order valence-corrected chi connectivity index (χ1v) is 8.31. The number of nitrogens with zero attached hydrogens (tertiary/aromatic N) is 4. The number of imidazole rings is 1. The minimum atomic E-state index is -1.55. The van der Waals surface area contributed by atoms with Crippen LogP contribution in [0.5, 0.6) is 0 Å². The predicted molar refractivity (Wildman–Crippen MR) is 88.6 cm³/mol. The fourth-order valence-corrected chi connectivity index (χ4v) is 2.77. The van der Waals surface area contributed by atoms with Crippen molar-refractivity contribution in [2.24, 2.45) is 5.92 Å². The van der Waals surface area contributed by atoms with Crippen molar-refractivity contribution in [2.45, 2.75) is 37.6 Å². The van der Waals surface area contributed by atoms with Gasteiger partial charge in [-0.2, -0.15) is 4.98 Å². The van der Waals surface area contributed by atoms with Gasteiger partial charge < -0.3 is 40.2 Å². The Balaban J connectivity index is 1.50. The van der Waals surface area contributed by atoms with Crippen molar-refractivity contribution < 1.29 is 29.9 Å². The first-order chi connectivity index (χ1) is 12.5. The van der Waals surface area contributed by atoms with Crippen LogP contribution < -0.4 is 5.73 Å². The molecule has 0 aliphatic carbocycles. The molecule has 0 unspecified atom stereocenters. The van der Waals surface area contributed by atoms with Crippen molar-refractivity contribution in [2.75, 3.05) is 25.6 Å². The lowest BCUT2D eigenvalue weighted by Crippen LogP contribution is -2.50. The van der Waals surface area contributed by atoms with Gasteiger partial charge in [0.2, 0.25) is 5.95 Å². The molecule has 1 aliphatic rings. The summed E-state index contributed by atoms with van der Waals surface area (Å²) in [7, 11) is 0. The predicted octanol–water partition coefficient (Wildman–Crippen LogP) is -2.14. The number of anilines is 1. The van der Waals surface area contributed by atoms with Crippen LogP contribution in [0.3, 0.4) is 0 Å². The van der Waals surface area contributed by atoms with Gasteiger partial charge in [-0.3, -0.25) is 0 Å². The van der Waals surface area contributed by atoms with Gasteiger partial charge in [-0.1, -0.05) is 0 Å². The zero-order chi connectivity index (χ0) is 18.7. The molecule has 6 N–H and O–H groups in total. The third-order valence-electron chi connectivity index (χ3n) is 4.36. The molecule has 2 aromatic rings. The molecule has 3 heterocycles. The lowest BCUT2D eigenvalue weighted by Gasteiger charge is -2.34. The van der Waals surface area contributed by atoms with Gasteiger partial charge in [-0.25, -0.2) is 9.97 Å². The first kappa shape index (κ1) is 18.9. The molecular formula is C15H23N5O6. The van der Waals surface area contributed by atoms with Crippen molar-refractivity contribution >= 4 is 17.1 Å². The zero-order valence-electron chi connectivity index (χ0n) is 14.0. The summed E-state index contributed by atoms with van der Waals surface area (Å²) in [4.78, 5) is 12.3. The van der Waals surface area contributed by atoms with E-state index in [1.54, 1.807) is 12.5 Å². The fraction of sp³-hybridized carbons (Fsp3) is 0.667. The second-order valence-corrected chi connectivity index (χ2v) is 6.30. The molecule has 0 spiro atoms. The van der Waals surface area contributed by atoms with Gasteiger partial charge in [0.25, 0.3) is 0 Å². The van der Waals surface area contributed by atoms with E-state index in [0.717, 1.165) is 6.42 Å². The quantitative estimate of drug-likeness (QED) is 0.363. The number of rotatable bonds is 7. The van der Waals surface area contributed by atoms with E-state index in [9.17, 15) is 15.3 Å². The molecule has 0 radical (unpaired) electrons. The fourth-order valence-electron chi connectivity index (χ4n) is 2.77. The lowest BCUT2D eigenvalue weighted by atomic mass is 10.0. The number of hydrogen-bond donors (Lipinski definition) is 5. The standard InChI is InChI=1S/C15H23N5O6/c16-15-17-3-9-13(19-15)20(7-18-9)2-1-8-5-25-14(26-6-8)12(24)11(23)10(22)4-21/h3,7-8,10-12,14,21-24H,1-2,4-6H2,(H2,16,17,19)/t8?,10-,11-,12-,14?/m1/s1. The number of nitrogens with two attached hydrogens (primary N) is 1. The van der Waals surface area contributed by atoms with Crippen LogP contribution in [0.4, 0.5) is 5.95 Å². The van der Waals surface area contributed by atoms with Crippen LogP contribution in [-0.2, 0) is 16.0 Å². The van der Waals surface area contributed by atoms with Crippen molar-refractivity contribution in [3.05, 3.63) is 12.5 Å². The van der Waals surface area contributed by atoms with E-state index < -0.39 is 31.2 Å². The number of fused-ring (bicyclic) bond motifs is 1. The summed E-state index contributed by atoms with van der Waals surface area (Å²) in [6, 6.07) is 0. The molecule has 11 nitrogen and oxygen atoms in total. The van der Waals surface area contributed by atoms with Crippen LogP contribution in [0.1, 0.15) is 6.42 Å². The second kappa shape index (κ2) is 8.20. The zero-order valence-corrected chi connectivity index (χ0v) is 14.0. The van der Waals surface area contributed by atoms with Crippen LogP contribution in [-0.4, -0.2) is 84.4 Å². The largest absolute Gasteiger partial charge is 0.394 e. The Morgan fingerprint density at radius 2 is 1.96 bits per heavy atom.